The molecule has 0 amide bonds. The Bertz CT molecular complexity index is 412. The largest absolute Gasteiger partial charge is 0.488 e. The lowest BCUT2D eigenvalue weighted by Gasteiger charge is -2.28. The number of Topliss-reactive ketones (excluding diaryl/α,β-unsaturated/α-hetero) is 1. The van der Waals surface area contributed by atoms with E-state index in [1.54, 1.807) is 0 Å². The van der Waals surface area contributed by atoms with Gasteiger partial charge >= 0.3 is 0 Å². The summed E-state index contributed by atoms with van der Waals surface area (Å²) in [6.45, 7) is 2.75. The van der Waals surface area contributed by atoms with Crippen LogP contribution in [0.25, 0.3) is 0 Å². The third-order valence-electron chi connectivity index (χ3n) is 2.78. The van der Waals surface area contributed by atoms with Crippen molar-refractivity contribution in [2.24, 2.45) is 0 Å². The Labute approximate surface area is 96.0 Å². The Morgan fingerprint density at radius 3 is 2.88 bits per heavy atom. The van der Waals surface area contributed by atoms with Gasteiger partial charge < -0.3 is 9.64 Å². The van der Waals surface area contributed by atoms with Crippen molar-refractivity contribution in [3.63, 3.8) is 0 Å². The van der Waals surface area contributed by atoms with Crippen LogP contribution in [-0.2, 0) is 0 Å². The molecule has 0 aliphatic carbocycles. The zero-order chi connectivity index (χ0) is 11.7. The Morgan fingerprint density at radius 2 is 2.19 bits per heavy atom. The highest BCUT2D eigenvalue weighted by Gasteiger charge is 2.27. The van der Waals surface area contributed by atoms with Crippen LogP contribution in [0, 0.1) is 6.92 Å². The molecule has 1 aromatic rings. The van der Waals surface area contributed by atoms with E-state index in [4.69, 9.17) is 4.74 Å². The van der Waals surface area contributed by atoms with Gasteiger partial charge in [-0.05, 0) is 32.6 Å². The molecule has 1 heterocycles. The second-order valence-corrected chi connectivity index (χ2v) is 4.58. The molecule has 2 rings (SSSR count). The molecule has 1 aromatic carbocycles. The van der Waals surface area contributed by atoms with E-state index in [2.05, 4.69) is 0 Å². The molecule has 0 N–H and O–H groups in total. The molecule has 0 bridgehead atoms. The zero-order valence-electron chi connectivity index (χ0n) is 9.99. The van der Waals surface area contributed by atoms with Gasteiger partial charge in [-0.3, -0.25) is 4.79 Å². The Kier molecular flexibility index (Phi) is 2.97. The van der Waals surface area contributed by atoms with Gasteiger partial charge in [-0.1, -0.05) is 12.1 Å². The highest BCUT2D eigenvalue weighted by atomic mass is 16.5. The van der Waals surface area contributed by atoms with E-state index >= 15 is 0 Å². The van der Waals surface area contributed by atoms with Crippen LogP contribution in [0.15, 0.2) is 18.2 Å². The predicted octanol–water partition coefficient (Wildman–Crippen LogP) is 1.89. The first-order valence-electron chi connectivity index (χ1n) is 5.52. The molecule has 1 aliphatic rings. The maximum Gasteiger partial charge on any atom is 0.170 e. The first-order chi connectivity index (χ1) is 7.58. The number of carbonyl (C=O) groups excluding carboxylic acids is 1. The third-order valence-corrected chi connectivity index (χ3v) is 2.78. The van der Waals surface area contributed by atoms with Gasteiger partial charge in [-0.25, -0.2) is 0 Å². The molecular weight excluding hydrogens is 202 g/mol. The minimum Gasteiger partial charge on any atom is -0.488 e. The van der Waals surface area contributed by atoms with E-state index in [-0.39, 0.29) is 11.9 Å². The smallest absolute Gasteiger partial charge is 0.170 e. The van der Waals surface area contributed by atoms with E-state index < -0.39 is 0 Å². The molecule has 1 atom stereocenters. The fourth-order valence-electron chi connectivity index (χ4n) is 2.06. The quantitative estimate of drug-likeness (QED) is 0.760. The molecule has 0 saturated carbocycles. The second-order valence-electron chi connectivity index (χ2n) is 4.58. The van der Waals surface area contributed by atoms with Crippen molar-refractivity contribution in [2.75, 3.05) is 20.6 Å². The summed E-state index contributed by atoms with van der Waals surface area (Å²) in [5.74, 6) is 0.961. The van der Waals surface area contributed by atoms with Crippen LogP contribution >= 0.6 is 0 Å². The van der Waals surface area contributed by atoms with Crippen molar-refractivity contribution in [3.05, 3.63) is 29.3 Å². The fraction of sp³-hybridized carbons (Fsp3) is 0.462. The van der Waals surface area contributed by atoms with Crippen LogP contribution in [0.3, 0.4) is 0 Å². The Balaban J connectivity index is 2.28. The monoisotopic (exact) mass is 219 g/mol. The number of carbonyl (C=O) groups is 1. The average Bonchev–Trinajstić information content (AvgIpc) is 2.19. The summed E-state index contributed by atoms with van der Waals surface area (Å²) < 4.78 is 5.88. The van der Waals surface area contributed by atoms with Crippen molar-refractivity contribution in [2.45, 2.75) is 19.4 Å². The number of ketones is 1. The lowest BCUT2D eigenvalue weighted by molar-refractivity contribution is 0.0805. The number of hydrogen-bond acceptors (Lipinski definition) is 3. The van der Waals surface area contributed by atoms with Crippen LogP contribution < -0.4 is 4.74 Å². The Morgan fingerprint density at radius 1 is 1.44 bits per heavy atom. The highest BCUT2D eigenvalue weighted by Crippen LogP contribution is 2.30. The van der Waals surface area contributed by atoms with Crippen molar-refractivity contribution in [1.82, 2.24) is 4.90 Å². The summed E-state index contributed by atoms with van der Waals surface area (Å²) in [5.41, 5.74) is 1.77. The first-order valence-corrected chi connectivity index (χ1v) is 5.52. The maximum absolute atomic E-state index is 11.9. The molecule has 0 radical (unpaired) electrons. The van der Waals surface area contributed by atoms with Gasteiger partial charge in [-0.15, -0.1) is 0 Å². The number of fused-ring (bicyclic) bond motifs is 1. The van der Waals surface area contributed by atoms with Crippen LogP contribution in [0.4, 0.5) is 0 Å². The van der Waals surface area contributed by atoms with Crippen LogP contribution in [0.5, 0.6) is 5.75 Å². The summed E-state index contributed by atoms with van der Waals surface area (Å²) in [6, 6.07) is 5.72. The SMILES string of the molecule is Cc1cccc2c1OC(CN(C)C)CC2=O. The average molecular weight is 219 g/mol. The molecule has 3 nitrogen and oxygen atoms in total. The van der Waals surface area contributed by atoms with Gasteiger partial charge in [0.1, 0.15) is 11.9 Å². The van der Waals surface area contributed by atoms with Gasteiger partial charge in [0.2, 0.25) is 0 Å². The standard InChI is InChI=1S/C13H17NO2/c1-9-5-4-6-11-12(15)7-10(8-14(2)3)16-13(9)11/h4-6,10H,7-8H2,1-3H3. The minimum absolute atomic E-state index is 0.0175. The van der Waals surface area contributed by atoms with E-state index in [0.717, 1.165) is 23.4 Å². The number of ether oxygens (including phenoxy) is 1. The molecule has 1 unspecified atom stereocenters. The third kappa shape index (κ3) is 2.09. The zero-order valence-corrected chi connectivity index (χ0v) is 9.99. The predicted molar refractivity (Wildman–Crippen MR) is 63.1 cm³/mol. The molecule has 0 fully saturated rings. The first kappa shape index (κ1) is 11.1. The number of aryl methyl sites for hydroxylation is 1. The number of hydrogen-bond donors (Lipinski definition) is 0. The van der Waals surface area contributed by atoms with Crippen molar-refractivity contribution in [1.29, 1.82) is 0 Å². The summed E-state index contributed by atoms with van der Waals surface area (Å²) in [7, 11) is 3.97. The topological polar surface area (TPSA) is 29.5 Å². The van der Waals surface area contributed by atoms with Crippen LogP contribution in [-0.4, -0.2) is 37.4 Å². The summed E-state index contributed by atoms with van der Waals surface area (Å²) in [4.78, 5) is 14.0. The number of para-hydroxylation sites is 1. The van der Waals surface area contributed by atoms with Gasteiger partial charge in [0.15, 0.2) is 5.78 Å². The lowest BCUT2D eigenvalue weighted by atomic mass is 9.98. The highest BCUT2D eigenvalue weighted by molar-refractivity contribution is 6.00. The van der Waals surface area contributed by atoms with Crippen molar-refractivity contribution < 1.29 is 9.53 Å². The summed E-state index contributed by atoms with van der Waals surface area (Å²) in [6.07, 6.45) is 0.463. The molecule has 3 heteroatoms. The van der Waals surface area contributed by atoms with Gasteiger partial charge in [0.25, 0.3) is 0 Å². The summed E-state index contributed by atoms with van der Waals surface area (Å²) >= 11 is 0. The van der Waals surface area contributed by atoms with Crippen LogP contribution in [0.2, 0.25) is 0 Å². The van der Waals surface area contributed by atoms with Crippen LogP contribution in [0.1, 0.15) is 22.3 Å². The molecule has 16 heavy (non-hydrogen) atoms. The molecule has 0 aromatic heterocycles. The molecule has 86 valence electrons. The van der Waals surface area contributed by atoms with Gasteiger partial charge in [-0.2, -0.15) is 0 Å². The second kappa shape index (κ2) is 4.26. The minimum atomic E-state index is -0.0175. The number of likely N-dealkylation sites (N-methyl/N-ethyl adjacent to an activating group) is 1. The van der Waals surface area contributed by atoms with Gasteiger partial charge in [0.05, 0.1) is 5.56 Å². The normalized spacial score (nSPS) is 19.5. The van der Waals surface area contributed by atoms with E-state index in [9.17, 15) is 4.79 Å². The number of nitrogens with zero attached hydrogens (tertiary/aromatic N) is 1. The number of rotatable bonds is 2. The molecule has 0 spiro atoms. The van der Waals surface area contributed by atoms with E-state index in [1.165, 1.54) is 0 Å². The molecule has 0 saturated heterocycles. The Hall–Kier alpha value is -1.35. The van der Waals surface area contributed by atoms with Crippen molar-refractivity contribution in [3.8, 4) is 5.75 Å². The van der Waals surface area contributed by atoms with E-state index in [1.807, 2.05) is 44.1 Å². The summed E-state index contributed by atoms with van der Waals surface area (Å²) in [5, 5.41) is 0. The molecule has 1 aliphatic heterocycles. The van der Waals surface area contributed by atoms with Gasteiger partial charge in [0, 0.05) is 13.0 Å². The van der Waals surface area contributed by atoms with E-state index in [0.29, 0.717) is 6.42 Å². The van der Waals surface area contributed by atoms with Crippen molar-refractivity contribution >= 4 is 5.78 Å². The maximum atomic E-state index is 11.9. The lowest BCUT2D eigenvalue weighted by Crippen LogP contribution is -2.36. The number of benzene rings is 1. The fourth-order valence-corrected chi connectivity index (χ4v) is 2.06. The molecular formula is C13H17NO2.